The minimum atomic E-state index is 0.194. The Morgan fingerprint density at radius 2 is 1.18 bits per heavy atom. The zero-order valence-corrected chi connectivity index (χ0v) is 25.7. The third-order valence-corrected chi connectivity index (χ3v) is 10.0. The van der Waals surface area contributed by atoms with E-state index in [1.165, 1.54) is 66.7 Å². The van der Waals surface area contributed by atoms with E-state index in [1.807, 2.05) is 0 Å². The van der Waals surface area contributed by atoms with Crippen molar-refractivity contribution in [3.05, 3.63) is 151 Å². The molecule has 0 aliphatic carbocycles. The molecule has 4 heteroatoms. The average Bonchev–Trinajstić information content (AvgIpc) is 3.35. The molecule has 0 spiro atoms. The van der Waals surface area contributed by atoms with Crippen LogP contribution in [0.2, 0.25) is 0 Å². The molecule has 0 radical (unpaired) electrons. The van der Waals surface area contributed by atoms with Crippen LogP contribution in [0.5, 0.6) is 0 Å². The van der Waals surface area contributed by atoms with Gasteiger partial charge in [0.05, 0.1) is 0 Å². The van der Waals surface area contributed by atoms with Crippen molar-refractivity contribution in [2.75, 3.05) is 16.8 Å². The highest BCUT2D eigenvalue weighted by Gasteiger charge is 2.40. The normalized spacial score (nSPS) is 12.7. The molecule has 2 aliphatic heterocycles. The fourth-order valence-electron chi connectivity index (χ4n) is 7.79. The molecule has 6 aromatic carbocycles. The molecule has 1 aromatic heterocycles. The first-order valence-electron chi connectivity index (χ1n) is 15.7. The molecule has 0 amide bonds. The SMILES string of the molecule is Cc1c(C)n2c3c(cccc13)B1c3ccc(-c4cccc(N(c5ccccc5)c5ccccc5)c4)cc3N(C)c3cccc-2c31. The molecule has 7 aromatic rings. The lowest BCUT2D eigenvalue weighted by molar-refractivity contribution is 1.04. The van der Waals surface area contributed by atoms with Gasteiger partial charge in [-0.1, -0.05) is 84.9 Å². The number of benzene rings is 6. The molecule has 9 rings (SSSR count). The number of fused-ring (bicyclic) bond motifs is 4. The standard InChI is InChI=1S/C41H32BN3/c1-27-28(2)44-38-22-12-21-37-40(38)42(36-20-11-19-34(27)41(36)44)35-24-23-30(26-39(35)43(37)3)29-13-10-18-33(25-29)45(31-14-6-4-7-15-31)32-16-8-5-9-17-32/h4-26H,1-3H3. The molecule has 0 saturated carbocycles. The first-order valence-corrected chi connectivity index (χ1v) is 15.7. The Bertz CT molecular complexity index is 2230. The summed E-state index contributed by atoms with van der Waals surface area (Å²) in [5.41, 5.74) is 17.9. The Kier molecular flexibility index (Phi) is 5.64. The third kappa shape index (κ3) is 3.72. The van der Waals surface area contributed by atoms with Gasteiger partial charge in [0.2, 0.25) is 0 Å². The van der Waals surface area contributed by atoms with Crippen LogP contribution in [0.25, 0.3) is 27.7 Å². The summed E-state index contributed by atoms with van der Waals surface area (Å²) < 4.78 is 2.50. The summed E-state index contributed by atoms with van der Waals surface area (Å²) in [5.74, 6) is 0. The first kappa shape index (κ1) is 26.0. The third-order valence-electron chi connectivity index (χ3n) is 10.0. The molecule has 0 fully saturated rings. The van der Waals surface area contributed by atoms with Crippen LogP contribution < -0.4 is 26.2 Å². The average molecular weight is 578 g/mol. The highest BCUT2D eigenvalue weighted by atomic mass is 15.1. The number of para-hydroxylation sites is 3. The van der Waals surface area contributed by atoms with Crippen molar-refractivity contribution in [2.24, 2.45) is 0 Å². The van der Waals surface area contributed by atoms with Crippen LogP contribution in [0.1, 0.15) is 11.3 Å². The lowest BCUT2D eigenvalue weighted by atomic mass is 9.34. The molecule has 3 nitrogen and oxygen atoms in total. The topological polar surface area (TPSA) is 11.4 Å². The van der Waals surface area contributed by atoms with Crippen LogP contribution >= 0.6 is 0 Å². The second-order valence-corrected chi connectivity index (χ2v) is 12.3. The van der Waals surface area contributed by atoms with Gasteiger partial charge in [0.15, 0.2) is 0 Å². The second-order valence-electron chi connectivity index (χ2n) is 12.3. The van der Waals surface area contributed by atoms with E-state index >= 15 is 0 Å². The molecule has 45 heavy (non-hydrogen) atoms. The van der Waals surface area contributed by atoms with Gasteiger partial charge in [-0.3, -0.25) is 0 Å². The van der Waals surface area contributed by atoms with Gasteiger partial charge in [0.1, 0.15) is 0 Å². The monoisotopic (exact) mass is 577 g/mol. The fourth-order valence-corrected chi connectivity index (χ4v) is 7.79. The quantitative estimate of drug-likeness (QED) is 0.195. The minimum absolute atomic E-state index is 0.194. The summed E-state index contributed by atoms with van der Waals surface area (Å²) in [7, 11) is 2.22. The summed E-state index contributed by atoms with van der Waals surface area (Å²) in [6.45, 7) is 4.72. The molecule has 0 saturated heterocycles. The number of aryl methyl sites for hydroxylation is 1. The summed E-state index contributed by atoms with van der Waals surface area (Å²) >= 11 is 0. The van der Waals surface area contributed by atoms with Crippen molar-refractivity contribution in [3.8, 4) is 16.8 Å². The van der Waals surface area contributed by atoms with Crippen molar-refractivity contribution < 1.29 is 0 Å². The zero-order chi connectivity index (χ0) is 30.2. The highest BCUT2D eigenvalue weighted by Crippen LogP contribution is 2.39. The van der Waals surface area contributed by atoms with Crippen molar-refractivity contribution in [1.29, 1.82) is 0 Å². The van der Waals surface area contributed by atoms with Crippen molar-refractivity contribution in [1.82, 2.24) is 4.57 Å². The van der Waals surface area contributed by atoms with Crippen LogP contribution in [0.15, 0.2) is 140 Å². The molecule has 214 valence electrons. The van der Waals surface area contributed by atoms with E-state index in [4.69, 9.17) is 0 Å². The number of nitrogens with zero attached hydrogens (tertiary/aromatic N) is 3. The lowest BCUT2D eigenvalue weighted by Gasteiger charge is -2.38. The van der Waals surface area contributed by atoms with Gasteiger partial charge in [0, 0.05) is 57.8 Å². The van der Waals surface area contributed by atoms with Crippen LogP contribution in [0.4, 0.5) is 28.4 Å². The van der Waals surface area contributed by atoms with E-state index in [2.05, 4.69) is 175 Å². The Hall–Kier alpha value is -5.48. The van der Waals surface area contributed by atoms with Crippen LogP contribution in [-0.4, -0.2) is 18.3 Å². The Morgan fingerprint density at radius 1 is 0.533 bits per heavy atom. The molecule has 0 N–H and O–H groups in total. The Labute approximate surface area is 264 Å². The van der Waals surface area contributed by atoms with E-state index in [0.29, 0.717) is 0 Å². The van der Waals surface area contributed by atoms with E-state index < -0.39 is 0 Å². The highest BCUT2D eigenvalue weighted by molar-refractivity contribution is 7.00. The predicted molar refractivity (Wildman–Crippen MR) is 192 cm³/mol. The van der Waals surface area contributed by atoms with Crippen molar-refractivity contribution in [3.63, 3.8) is 0 Å². The Balaban J connectivity index is 1.20. The maximum absolute atomic E-state index is 2.50. The van der Waals surface area contributed by atoms with Gasteiger partial charge in [-0.2, -0.15) is 0 Å². The minimum Gasteiger partial charge on any atom is -0.345 e. The maximum Gasteiger partial charge on any atom is 0.252 e. The molecule has 0 unspecified atom stereocenters. The summed E-state index contributed by atoms with van der Waals surface area (Å²) in [5, 5.41) is 1.36. The molecular formula is C41H32BN3. The maximum atomic E-state index is 2.50. The van der Waals surface area contributed by atoms with Crippen LogP contribution in [-0.2, 0) is 0 Å². The number of hydrogen-bond acceptors (Lipinski definition) is 2. The smallest absolute Gasteiger partial charge is 0.252 e. The zero-order valence-electron chi connectivity index (χ0n) is 25.7. The first-order chi connectivity index (χ1) is 22.1. The van der Waals surface area contributed by atoms with Crippen LogP contribution in [0.3, 0.4) is 0 Å². The van der Waals surface area contributed by atoms with Gasteiger partial charge < -0.3 is 14.4 Å². The molecule has 3 heterocycles. The van der Waals surface area contributed by atoms with Gasteiger partial charge >= 0.3 is 0 Å². The number of hydrogen-bond donors (Lipinski definition) is 0. The number of anilines is 5. The van der Waals surface area contributed by atoms with E-state index in [-0.39, 0.29) is 6.71 Å². The van der Waals surface area contributed by atoms with Gasteiger partial charge in [-0.15, -0.1) is 0 Å². The van der Waals surface area contributed by atoms with E-state index in [9.17, 15) is 0 Å². The fraction of sp³-hybridized carbons (Fsp3) is 0.0732. The number of rotatable bonds is 4. The Morgan fingerprint density at radius 3 is 1.93 bits per heavy atom. The van der Waals surface area contributed by atoms with E-state index in [1.54, 1.807) is 0 Å². The summed E-state index contributed by atoms with van der Waals surface area (Å²) in [6, 6.07) is 50.9. The van der Waals surface area contributed by atoms with Crippen molar-refractivity contribution >= 4 is 62.4 Å². The number of aromatic nitrogens is 1. The lowest BCUT2D eigenvalue weighted by Crippen LogP contribution is -2.60. The second kappa shape index (κ2) is 9.77. The molecular weight excluding hydrogens is 545 g/mol. The van der Waals surface area contributed by atoms with E-state index in [0.717, 1.165) is 17.1 Å². The summed E-state index contributed by atoms with van der Waals surface area (Å²) in [6.07, 6.45) is 0. The van der Waals surface area contributed by atoms with Gasteiger partial charge in [-0.05, 0) is 102 Å². The van der Waals surface area contributed by atoms with Crippen LogP contribution in [0, 0.1) is 13.8 Å². The predicted octanol–water partition coefficient (Wildman–Crippen LogP) is 8.30. The van der Waals surface area contributed by atoms with Crippen molar-refractivity contribution in [2.45, 2.75) is 13.8 Å². The largest absolute Gasteiger partial charge is 0.345 e. The molecule has 2 aliphatic rings. The molecule has 0 atom stereocenters. The van der Waals surface area contributed by atoms with Gasteiger partial charge in [-0.25, -0.2) is 0 Å². The molecule has 0 bridgehead atoms. The van der Waals surface area contributed by atoms with Gasteiger partial charge in [0.25, 0.3) is 6.71 Å². The summed E-state index contributed by atoms with van der Waals surface area (Å²) in [4.78, 5) is 4.72.